The molecule has 2 rings (SSSR count). The third-order valence-corrected chi connectivity index (χ3v) is 4.84. The van der Waals surface area contributed by atoms with Crippen LogP contribution in [0.15, 0.2) is 24.3 Å². The Hall–Kier alpha value is -1.35. The molecular weight excluding hydrogens is 260 g/mol. The van der Waals surface area contributed by atoms with Crippen LogP contribution in [0.25, 0.3) is 0 Å². The lowest BCUT2D eigenvalue weighted by molar-refractivity contribution is 0.0634. The minimum atomic E-state index is 0.142. The Morgan fingerprint density at radius 3 is 2.52 bits per heavy atom. The Kier molecular flexibility index (Phi) is 5.04. The van der Waals surface area contributed by atoms with E-state index in [4.69, 9.17) is 5.73 Å². The van der Waals surface area contributed by atoms with Crippen molar-refractivity contribution in [1.82, 2.24) is 4.90 Å². The number of carbonyl (C=O) groups excluding carboxylic acids is 1. The van der Waals surface area contributed by atoms with Crippen LogP contribution in [0, 0.1) is 5.41 Å². The van der Waals surface area contributed by atoms with E-state index in [9.17, 15) is 4.79 Å². The van der Waals surface area contributed by atoms with Gasteiger partial charge >= 0.3 is 0 Å². The lowest BCUT2D eigenvalue weighted by Gasteiger charge is -2.38. The van der Waals surface area contributed by atoms with Gasteiger partial charge in [-0.1, -0.05) is 32.0 Å². The predicted molar refractivity (Wildman–Crippen MR) is 87.3 cm³/mol. The highest BCUT2D eigenvalue weighted by Crippen LogP contribution is 2.36. The maximum atomic E-state index is 12.8. The summed E-state index contributed by atoms with van der Waals surface area (Å²) >= 11 is 0. The lowest BCUT2D eigenvalue weighted by atomic mass is 9.75. The van der Waals surface area contributed by atoms with Gasteiger partial charge in [0.15, 0.2) is 0 Å². The van der Waals surface area contributed by atoms with Crippen molar-refractivity contribution in [2.45, 2.75) is 52.0 Å². The molecule has 1 amide bonds. The van der Waals surface area contributed by atoms with Crippen molar-refractivity contribution < 1.29 is 4.79 Å². The molecule has 0 bridgehead atoms. The fraction of sp³-hybridized carbons (Fsp3) is 0.611. The topological polar surface area (TPSA) is 46.3 Å². The van der Waals surface area contributed by atoms with Gasteiger partial charge in [-0.05, 0) is 55.7 Å². The summed E-state index contributed by atoms with van der Waals surface area (Å²) in [6, 6.07) is 8.22. The summed E-state index contributed by atoms with van der Waals surface area (Å²) < 4.78 is 0. The second-order valence-electron chi connectivity index (χ2n) is 7.01. The summed E-state index contributed by atoms with van der Waals surface area (Å²) in [6.45, 7) is 5.22. The first-order chi connectivity index (χ1) is 9.94. The highest BCUT2D eigenvalue weighted by molar-refractivity contribution is 5.95. The average molecular weight is 288 g/mol. The van der Waals surface area contributed by atoms with E-state index in [0.717, 1.165) is 30.4 Å². The molecule has 0 radical (unpaired) electrons. The molecular formula is C18H28N2O. The van der Waals surface area contributed by atoms with Gasteiger partial charge in [0, 0.05) is 18.7 Å². The van der Waals surface area contributed by atoms with E-state index in [1.807, 2.05) is 36.2 Å². The summed E-state index contributed by atoms with van der Waals surface area (Å²) in [5.41, 5.74) is 7.96. The molecule has 0 spiro atoms. The summed E-state index contributed by atoms with van der Waals surface area (Å²) in [7, 11) is 1.95. The SMILES string of the molecule is CN(C(=O)c1ccccc1CCN)C1CCC(C)(C)CC1. The number of hydrogen-bond acceptors (Lipinski definition) is 2. The van der Waals surface area contributed by atoms with E-state index in [1.165, 1.54) is 12.8 Å². The molecule has 0 aliphatic heterocycles. The molecule has 1 fully saturated rings. The van der Waals surface area contributed by atoms with E-state index in [-0.39, 0.29) is 5.91 Å². The number of carbonyl (C=O) groups is 1. The molecule has 1 aliphatic rings. The zero-order valence-electron chi connectivity index (χ0n) is 13.6. The van der Waals surface area contributed by atoms with Crippen LogP contribution in [-0.2, 0) is 6.42 Å². The molecule has 3 heteroatoms. The van der Waals surface area contributed by atoms with Gasteiger partial charge in [0.25, 0.3) is 5.91 Å². The van der Waals surface area contributed by atoms with Crippen LogP contribution >= 0.6 is 0 Å². The van der Waals surface area contributed by atoms with E-state index >= 15 is 0 Å². The van der Waals surface area contributed by atoms with Crippen LogP contribution in [0.5, 0.6) is 0 Å². The second kappa shape index (κ2) is 6.61. The van der Waals surface area contributed by atoms with Gasteiger partial charge in [-0.25, -0.2) is 0 Å². The molecule has 21 heavy (non-hydrogen) atoms. The van der Waals surface area contributed by atoms with E-state index in [1.54, 1.807) is 0 Å². The van der Waals surface area contributed by atoms with Gasteiger partial charge in [0.1, 0.15) is 0 Å². The van der Waals surface area contributed by atoms with Crippen LogP contribution in [0.1, 0.15) is 55.5 Å². The fourth-order valence-electron chi connectivity index (χ4n) is 3.23. The standard InChI is InChI=1S/C18H28N2O/c1-18(2)11-8-15(9-12-18)20(3)17(21)16-7-5-4-6-14(16)10-13-19/h4-7,15H,8-13,19H2,1-3H3. The largest absolute Gasteiger partial charge is 0.339 e. The first kappa shape index (κ1) is 16.0. The number of hydrogen-bond donors (Lipinski definition) is 1. The molecule has 1 saturated carbocycles. The minimum absolute atomic E-state index is 0.142. The van der Waals surface area contributed by atoms with Crippen molar-refractivity contribution in [3.8, 4) is 0 Å². The molecule has 0 heterocycles. The number of benzene rings is 1. The van der Waals surface area contributed by atoms with Crippen molar-refractivity contribution in [3.05, 3.63) is 35.4 Å². The van der Waals surface area contributed by atoms with Crippen molar-refractivity contribution in [2.75, 3.05) is 13.6 Å². The normalized spacial score (nSPS) is 18.5. The maximum Gasteiger partial charge on any atom is 0.254 e. The highest BCUT2D eigenvalue weighted by Gasteiger charge is 2.31. The smallest absolute Gasteiger partial charge is 0.254 e. The number of nitrogens with two attached hydrogens (primary N) is 1. The summed E-state index contributed by atoms with van der Waals surface area (Å²) in [4.78, 5) is 14.7. The Balaban J connectivity index is 2.09. The summed E-state index contributed by atoms with van der Waals surface area (Å²) in [5.74, 6) is 0.142. The van der Waals surface area contributed by atoms with Gasteiger partial charge in [-0.15, -0.1) is 0 Å². The summed E-state index contributed by atoms with van der Waals surface area (Å²) in [6.07, 6.45) is 5.36. The second-order valence-corrected chi connectivity index (χ2v) is 7.01. The van der Waals surface area contributed by atoms with Crippen molar-refractivity contribution in [2.24, 2.45) is 11.1 Å². The molecule has 0 unspecified atom stereocenters. The average Bonchev–Trinajstić information content (AvgIpc) is 2.47. The Morgan fingerprint density at radius 1 is 1.29 bits per heavy atom. The third-order valence-electron chi connectivity index (χ3n) is 4.84. The van der Waals surface area contributed by atoms with Gasteiger partial charge in [-0.2, -0.15) is 0 Å². The number of rotatable bonds is 4. The fourth-order valence-corrected chi connectivity index (χ4v) is 3.23. The van der Waals surface area contributed by atoms with E-state index in [2.05, 4.69) is 13.8 Å². The van der Waals surface area contributed by atoms with E-state index < -0.39 is 0 Å². The Bertz CT molecular complexity index is 486. The quantitative estimate of drug-likeness (QED) is 0.924. The molecule has 0 saturated heterocycles. The molecule has 0 aromatic heterocycles. The van der Waals surface area contributed by atoms with Crippen LogP contribution in [0.4, 0.5) is 0 Å². The Morgan fingerprint density at radius 2 is 1.90 bits per heavy atom. The van der Waals surface area contributed by atoms with Crippen LogP contribution in [0.3, 0.4) is 0 Å². The first-order valence-corrected chi connectivity index (χ1v) is 8.00. The zero-order valence-corrected chi connectivity index (χ0v) is 13.6. The molecule has 2 N–H and O–H groups in total. The third kappa shape index (κ3) is 3.85. The van der Waals surface area contributed by atoms with Gasteiger partial charge in [0.2, 0.25) is 0 Å². The van der Waals surface area contributed by atoms with Gasteiger partial charge in [0.05, 0.1) is 0 Å². The molecule has 1 aliphatic carbocycles. The highest BCUT2D eigenvalue weighted by atomic mass is 16.2. The number of amides is 1. The van der Waals surface area contributed by atoms with Crippen molar-refractivity contribution in [3.63, 3.8) is 0 Å². The number of nitrogens with zero attached hydrogens (tertiary/aromatic N) is 1. The summed E-state index contributed by atoms with van der Waals surface area (Å²) in [5, 5.41) is 0. The van der Waals surface area contributed by atoms with Crippen LogP contribution in [-0.4, -0.2) is 30.4 Å². The van der Waals surface area contributed by atoms with Gasteiger partial charge < -0.3 is 10.6 Å². The van der Waals surface area contributed by atoms with Crippen molar-refractivity contribution in [1.29, 1.82) is 0 Å². The molecule has 116 valence electrons. The van der Waals surface area contributed by atoms with Gasteiger partial charge in [-0.3, -0.25) is 4.79 Å². The zero-order chi connectivity index (χ0) is 15.5. The molecule has 1 aromatic rings. The monoisotopic (exact) mass is 288 g/mol. The molecule has 1 aromatic carbocycles. The van der Waals surface area contributed by atoms with Crippen LogP contribution < -0.4 is 5.73 Å². The Labute approximate surface area is 128 Å². The minimum Gasteiger partial charge on any atom is -0.339 e. The van der Waals surface area contributed by atoms with Crippen molar-refractivity contribution >= 4 is 5.91 Å². The molecule has 3 nitrogen and oxygen atoms in total. The maximum absolute atomic E-state index is 12.8. The predicted octanol–water partition coefficient (Wildman–Crippen LogP) is 3.23. The first-order valence-electron chi connectivity index (χ1n) is 8.00. The van der Waals surface area contributed by atoms with E-state index in [0.29, 0.717) is 18.0 Å². The lowest BCUT2D eigenvalue weighted by Crippen LogP contribution is -2.41. The molecule has 0 atom stereocenters. The van der Waals surface area contributed by atoms with Crippen LogP contribution in [0.2, 0.25) is 0 Å².